The van der Waals surface area contributed by atoms with E-state index >= 15 is 0 Å². The molecule has 5 heteroatoms. The highest BCUT2D eigenvalue weighted by atomic mass is 16.5. The van der Waals surface area contributed by atoms with Crippen LogP contribution in [-0.4, -0.2) is 59.5 Å². The highest BCUT2D eigenvalue weighted by molar-refractivity contribution is 5.96. The zero-order chi connectivity index (χ0) is 14.1. The fourth-order valence-electron chi connectivity index (χ4n) is 3.67. The summed E-state index contributed by atoms with van der Waals surface area (Å²) < 4.78 is 5.61. The molecule has 3 rings (SSSR count). The second kappa shape index (κ2) is 5.72. The van der Waals surface area contributed by atoms with Gasteiger partial charge in [-0.1, -0.05) is 0 Å². The van der Waals surface area contributed by atoms with Crippen LogP contribution in [-0.2, 0) is 14.3 Å². The first kappa shape index (κ1) is 13.9. The predicted octanol–water partition coefficient (Wildman–Crippen LogP) is 1.17. The Balaban J connectivity index is 1.66. The molecular weight excluding hydrogens is 256 g/mol. The van der Waals surface area contributed by atoms with Gasteiger partial charge in [0.05, 0.1) is 6.10 Å². The molecular formula is C15H24N2O3. The van der Waals surface area contributed by atoms with Crippen molar-refractivity contribution < 1.29 is 14.3 Å². The van der Waals surface area contributed by atoms with Crippen LogP contribution >= 0.6 is 0 Å². The average molecular weight is 280 g/mol. The molecule has 0 bridgehead atoms. The Morgan fingerprint density at radius 1 is 1.15 bits per heavy atom. The van der Waals surface area contributed by atoms with Gasteiger partial charge in [0.2, 0.25) is 11.8 Å². The van der Waals surface area contributed by atoms with Crippen LogP contribution in [0, 0.1) is 0 Å². The molecule has 0 spiro atoms. The van der Waals surface area contributed by atoms with E-state index in [1.807, 2.05) is 6.92 Å². The molecule has 0 N–H and O–H groups in total. The molecule has 3 unspecified atom stereocenters. The third-order valence-corrected chi connectivity index (χ3v) is 4.89. The fraction of sp³-hybridized carbons (Fsp3) is 0.867. The van der Waals surface area contributed by atoms with Gasteiger partial charge < -0.3 is 14.5 Å². The molecule has 112 valence electrons. The first-order valence-corrected chi connectivity index (χ1v) is 7.91. The SMILES string of the molecule is CC1C(=O)N2CCCCC2C(=O)N1CCC1CCCO1. The number of hydrogen-bond acceptors (Lipinski definition) is 3. The molecule has 0 aromatic heterocycles. The number of rotatable bonds is 3. The zero-order valence-corrected chi connectivity index (χ0v) is 12.2. The van der Waals surface area contributed by atoms with Crippen molar-refractivity contribution in [2.45, 2.75) is 63.6 Å². The Kier molecular flexibility index (Phi) is 3.96. The van der Waals surface area contributed by atoms with Crippen LogP contribution in [0.25, 0.3) is 0 Å². The topological polar surface area (TPSA) is 49.9 Å². The molecule has 3 heterocycles. The number of amides is 2. The van der Waals surface area contributed by atoms with Gasteiger partial charge in [-0.25, -0.2) is 0 Å². The first-order valence-electron chi connectivity index (χ1n) is 7.91. The summed E-state index contributed by atoms with van der Waals surface area (Å²) in [7, 11) is 0. The van der Waals surface area contributed by atoms with Crippen LogP contribution in [0.15, 0.2) is 0 Å². The lowest BCUT2D eigenvalue weighted by Gasteiger charge is -2.46. The van der Waals surface area contributed by atoms with E-state index in [2.05, 4.69) is 0 Å². The van der Waals surface area contributed by atoms with Gasteiger partial charge in [0.1, 0.15) is 12.1 Å². The molecule has 20 heavy (non-hydrogen) atoms. The summed E-state index contributed by atoms with van der Waals surface area (Å²) in [6.45, 7) is 4.10. The summed E-state index contributed by atoms with van der Waals surface area (Å²) >= 11 is 0. The number of piperazine rings is 1. The lowest BCUT2D eigenvalue weighted by molar-refractivity contribution is -0.163. The molecule has 3 fully saturated rings. The van der Waals surface area contributed by atoms with Crippen molar-refractivity contribution >= 4 is 11.8 Å². The van der Waals surface area contributed by atoms with Crippen LogP contribution in [0.5, 0.6) is 0 Å². The second-order valence-corrected chi connectivity index (χ2v) is 6.17. The lowest BCUT2D eigenvalue weighted by Crippen LogP contribution is -2.65. The van der Waals surface area contributed by atoms with E-state index in [1.165, 1.54) is 0 Å². The molecule has 2 amide bonds. The van der Waals surface area contributed by atoms with Gasteiger partial charge in [-0.3, -0.25) is 9.59 Å². The Bertz CT molecular complexity index is 393. The monoisotopic (exact) mass is 280 g/mol. The molecule has 0 saturated carbocycles. The van der Waals surface area contributed by atoms with Gasteiger partial charge >= 0.3 is 0 Å². The van der Waals surface area contributed by atoms with E-state index in [4.69, 9.17) is 4.74 Å². The summed E-state index contributed by atoms with van der Waals surface area (Å²) in [5, 5.41) is 0. The maximum atomic E-state index is 12.6. The summed E-state index contributed by atoms with van der Waals surface area (Å²) in [6, 6.07) is -0.504. The third kappa shape index (κ3) is 2.43. The molecule has 3 aliphatic heterocycles. The van der Waals surface area contributed by atoms with Gasteiger partial charge in [-0.05, 0) is 45.4 Å². The van der Waals surface area contributed by atoms with Gasteiger partial charge in [0.15, 0.2) is 0 Å². The Morgan fingerprint density at radius 2 is 2.00 bits per heavy atom. The number of nitrogens with zero attached hydrogens (tertiary/aromatic N) is 2. The van der Waals surface area contributed by atoms with E-state index in [0.717, 1.165) is 51.7 Å². The number of ether oxygens (including phenoxy) is 1. The van der Waals surface area contributed by atoms with E-state index in [1.54, 1.807) is 9.80 Å². The standard InChI is InChI=1S/C15H24N2O3/c1-11-14(18)17-8-3-2-6-13(17)15(19)16(11)9-7-12-5-4-10-20-12/h11-13H,2-10H2,1H3. The fourth-order valence-corrected chi connectivity index (χ4v) is 3.67. The molecule has 0 aromatic rings. The normalized spacial score (nSPS) is 34.5. The third-order valence-electron chi connectivity index (χ3n) is 4.89. The maximum absolute atomic E-state index is 12.6. The van der Waals surface area contributed by atoms with Gasteiger partial charge in [-0.15, -0.1) is 0 Å². The summed E-state index contributed by atoms with van der Waals surface area (Å²) in [6.07, 6.45) is 6.23. The zero-order valence-electron chi connectivity index (χ0n) is 12.2. The van der Waals surface area contributed by atoms with E-state index in [-0.39, 0.29) is 30.0 Å². The van der Waals surface area contributed by atoms with Crippen molar-refractivity contribution in [3.63, 3.8) is 0 Å². The molecule has 3 aliphatic rings. The van der Waals surface area contributed by atoms with Crippen molar-refractivity contribution in [2.75, 3.05) is 19.7 Å². The summed E-state index contributed by atoms with van der Waals surface area (Å²) in [5.41, 5.74) is 0. The maximum Gasteiger partial charge on any atom is 0.246 e. The van der Waals surface area contributed by atoms with Crippen LogP contribution in [0.1, 0.15) is 45.4 Å². The van der Waals surface area contributed by atoms with Gasteiger partial charge in [0, 0.05) is 19.7 Å². The Hall–Kier alpha value is -1.10. The minimum atomic E-state index is -0.307. The van der Waals surface area contributed by atoms with Crippen molar-refractivity contribution in [1.29, 1.82) is 0 Å². The highest BCUT2D eigenvalue weighted by Crippen LogP contribution is 2.27. The highest BCUT2D eigenvalue weighted by Gasteiger charge is 2.44. The van der Waals surface area contributed by atoms with Crippen LogP contribution in [0.4, 0.5) is 0 Å². The number of fused-ring (bicyclic) bond motifs is 1. The van der Waals surface area contributed by atoms with Crippen LogP contribution in [0.3, 0.4) is 0 Å². The van der Waals surface area contributed by atoms with Gasteiger partial charge in [-0.2, -0.15) is 0 Å². The predicted molar refractivity (Wildman–Crippen MR) is 74.1 cm³/mol. The second-order valence-electron chi connectivity index (χ2n) is 6.17. The molecule has 5 nitrogen and oxygen atoms in total. The average Bonchev–Trinajstić information content (AvgIpc) is 2.98. The molecule has 0 radical (unpaired) electrons. The van der Waals surface area contributed by atoms with Crippen LogP contribution < -0.4 is 0 Å². The van der Waals surface area contributed by atoms with E-state index in [9.17, 15) is 9.59 Å². The number of hydrogen-bond donors (Lipinski definition) is 0. The van der Waals surface area contributed by atoms with Crippen molar-refractivity contribution in [3.8, 4) is 0 Å². The lowest BCUT2D eigenvalue weighted by atomic mass is 9.95. The smallest absolute Gasteiger partial charge is 0.246 e. The summed E-state index contributed by atoms with van der Waals surface area (Å²) in [4.78, 5) is 28.6. The minimum absolute atomic E-state index is 0.127. The quantitative estimate of drug-likeness (QED) is 0.779. The first-order chi connectivity index (χ1) is 9.68. The molecule has 3 saturated heterocycles. The Labute approximate surface area is 120 Å². The largest absolute Gasteiger partial charge is 0.378 e. The van der Waals surface area contributed by atoms with E-state index in [0.29, 0.717) is 6.54 Å². The Morgan fingerprint density at radius 3 is 2.75 bits per heavy atom. The van der Waals surface area contributed by atoms with Crippen molar-refractivity contribution in [3.05, 3.63) is 0 Å². The van der Waals surface area contributed by atoms with Crippen LogP contribution in [0.2, 0.25) is 0 Å². The summed E-state index contributed by atoms with van der Waals surface area (Å²) in [5.74, 6) is 0.274. The molecule has 3 atom stereocenters. The van der Waals surface area contributed by atoms with E-state index < -0.39 is 0 Å². The minimum Gasteiger partial charge on any atom is -0.378 e. The van der Waals surface area contributed by atoms with Gasteiger partial charge in [0.25, 0.3) is 0 Å². The number of carbonyl (C=O) groups is 2. The van der Waals surface area contributed by atoms with Crippen molar-refractivity contribution in [1.82, 2.24) is 9.80 Å². The number of piperidine rings is 1. The molecule has 0 aliphatic carbocycles. The molecule has 0 aromatic carbocycles. The number of carbonyl (C=O) groups excluding carboxylic acids is 2. The van der Waals surface area contributed by atoms with Crippen molar-refractivity contribution in [2.24, 2.45) is 0 Å².